The van der Waals surface area contributed by atoms with Gasteiger partial charge in [-0.15, -0.1) is 0 Å². The average Bonchev–Trinajstić information content (AvgIpc) is 2.86. The third kappa shape index (κ3) is 5.57. The van der Waals surface area contributed by atoms with Crippen LogP contribution in [0.2, 0.25) is 0 Å². The minimum Gasteiger partial charge on any atom is -0.463 e. The van der Waals surface area contributed by atoms with E-state index in [1.165, 1.54) is 18.7 Å². The van der Waals surface area contributed by atoms with Crippen molar-refractivity contribution in [2.75, 3.05) is 26.0 Å². The molecule has 23 heavy (non-hydrogen) atoms. The summed E-state index contributed by atoms with van der Waals surface area (Å²) in [5.74, 6) is -0.372. The van der Waals surface area contributed by atoms with Crippen LogP contribution in [-0.4, -0.2) is 54.6 Å². The predicted molar refractivity (Wildman–Crippen MR) is 86.3 cm³/mol. The van der Waals surface area contributed by atoms with E-state index in [1.54, 1.807) is 13.8 Å². The molecular weight excluding hydrogens is 341 g/mol. The highest BCUT2D eigenvalue weighted by Gasteiger charge is 2.40. The Hall–Kier alpha value is -0.400. The van der Waals surface area contributed by atoms with E-state index >= 15 is 0 Å². The van der Waals surface area contributed by atoms with Crippen LogP contribution in [-0.2, 0) is 27.9 Å². The first-order valence-electron chi connectivity index (χ1n) is 7.37. The molecule has 2 aliphatic rings. The quantitative estimate of drug-likeness (QED) is 0.484. The van der Waals surface area contributed by atoms with Crippen LogP contribution in [0.5, 0.6) is 0 Å². The summed E-state index contributed by atoms with van der Waals surface area (Å²) in [6.45, 7) is 5.58. The molecule has 0 saturated carbocycles. The smallest absolute Gasteiger partial charge is 0.337 e. The molecule has 128 valence electrons. The standard InChI is InChI=1S/C14H20NO6PS/c1-4-19-22(17,20-5-2)9-13-15-12-7-6-11(8-18-10(3)16)21-14(12)23-13/h11-12,14H,4-5,8-9H2,1-3H3/t11-,12-,14-/m1/s1. The van der Waals surface area contributed by atoms with E-state index in [-0.39, 0.29) is 30.2 Å². The van der Waals surface area contributed by atoms with Crippen molar-refractivity contribution in [1.29, 1.82) is 0 Å². The number of rotatable bonds is 8. The molecule has 0 aromatic carbocycles. The molecule has 0 bridgehead atoms. The van der Waals surface area contributed by atoms with Crippen molar-refractivity contribution in [3.8, 4) is 0 Å². The Kier molecular flexibility index (Phi) is 7.10. The van der Waals surface area contributed by atoms with Gasteiger partial charge >= 0.3 is 13.6 Å². The van der Waals surface area contributed by atoms with Crippen LogP contribution < -0.4 is 0 Å². The molecule has 0 aromatic rings. The highest BCUT2D eigenvalue weighted by Crippen LogP contribution is 2.50. The SMILES string of the molecule is CCOP(=O)(CC1=N[C@@H]2[C][C][C@H](COC(C)=O)O[C@@H]2S1)OCC. The first-order chi connectivity index (χ1) is 11.0. The Morgan fingerprint density at radius 1 is 1.35 bits per heavy atom. The first-order valence-corrected chi connectivity index (χ1v) is 9.98. The Balaban J connectivity index is 1.89. The summed E-state index contributed by atoms with van der Waals surface area (Å²) < 4.78 is 33.8. The van der Waals surface area contributed by atoms with Gasteiger partial charge in [-0.1, -0.05) is 11.8 Å². The van der Waals surface area contributed by atoms with Crippen molar-refractivity contribution in [1.82, 2.24) is 0 Å². The van der Waals surface area contributed by atoms with Gasteiger partial charge in [-0.05, 0) is 13.8 Å². The van der Waals surface area contributed by atoms with Crippen molar-refractivity contribution in [2.24, 2.45) is 4.99 Å². The fourth-order valence-electron chi connectivity index (χ4n) is 2.06. The second-order valence-electron chi connectivity index (χ2n) is 4.77. The number of fused-ring (bicyclic) bond motifs is 1. The van der Waals surface area contributed by atoms with Gasteiger partial charge in [0.05, 0.1) is 30.5 Å². The zero-order valence-corrected chi connectivity index (χ0v) is 15.0. The number of hydrogen-bond acceptors (Lipinski definition) is 8. The Morgan fingerprint density at radius 2 is 2.04 bits per heavy atom. The summed E-state index contributed by atoms with van der Waals surface area (Å²) in [5.41, 5.74) is -0.288. The predicted octanol–water partition coefficient (Wildman–Crippen LogP) is 2.22. The largest absolute Gasteiger partial charge is 0.463 e. The molecule has 0 spiro atoms. The summed E-state index contributed by atoms with van der Waals surface area (Å²) in [7, 11) is -3.19. The van der Waals surface area contributed by atoms with E-state index in [0.29, 0.717) is 18.3 Å². The molecular formula is C14H20NO6PS. The molecule has 0 aromatic heterocycles. The molecule has 0 N–H and O–H groups in total. The molecule has 0 unspecified atom stereocenters. The van der Waals surface area contributed by atoms with Crippen LogP contribution in [0, 0.1) is 12.8 Å². The molecule has 2 rings (SSSR count). The maximum atomic E-state index is 12.5. The van der Waals surface area contributed by atoms with E-state index in [4.69, 9.17) is 18.5 Å². The summed E-state index contributed by atoms with van der Waals surface area (Å²) in [6.07, 6.45) is 5.52. The molecule has 0 aliphatic carbocycles. The number of ether oxygens (including phenoxy) is 2. The van der Waals surface area contributed by atoms with E-state index < -0.39 is 13.7 Å². The van der Waals surface area contributed by atoms with Gasteiger partial charge in [0.2, 0.25) is 0 Å². The summed E-state index contributed by atoms with van der Waals surface area (Å²) in [5, 5.41) is 0.646. The maximum absolute atomic E-state index is 12.5. The van der Waals surface area contributed by atoms with Crippen LogP contribution in [0.1, 0.15) is 20.8 Å². The Labute approximate surface area is 141 Å². The monoisotopic (exact) mass is 361 g/mol. The summed E-state index contributed by atoms with van der Waals surface area (Å²) in [6, 6.07) is -0.305. The molecule has 2 heterocycles. The number of esters is 1. The average molecular weight is 361 g/mol. The minimum atomic E-state index is -3.19. The van der Waals surface area contributed by atoms with Gasteiger partial charge in [0.25, 0.3) is 0 Å². The van der Waals surface area contributed by atoms with Gasteiger partial charge in [0.15, 0.2) is 0 Å². The number of carbonyl (C=O) groups is 1. The fourth-order valence-corrected chi connectivity index (χ4v) is 5.18. The topological polar surface area (TPSA) is 83.4 Å². The summed E-state index contributed by atoms with van der Waals surface area (Å²) >= 11 is 1.36. The normalized spacial score (nSPS) is 27.4. The first kappa shape index (κ1) is 18.9. The maximum Gasteiger partial charge on any atom is 0.337 e. The number of thioether (sulfide) groups is 1. The summed E-state index contributed by atoms with van der Waals surface area (Å²) in [4.78, 5) is 15.3. The lowest BCUT2D eigenvalue weighted by Gasteiger charge is -2.29. The lowest BCUT2D eigenvalue weighted by molar-refractivity contribution is -0.145. The third-order valence-corrected chi connectivity index (χ3v) is 6.23. The lowest BCUT2D eigenvalue weighted by atomic mass is 10.1. The van der Waals surface area contributed by atoms with Gasteiger partial charge in [-0.2, -0.15) is 0 Å². The van der Waals surface area contributed by atoms with Gasteiger partial charge in [-0.25, -0.2) is 0 Å². The molecule has 1 fully saturated rings. The van der Waals surface area contributed by atoms with Crippen LogP contribution in [0.25, 0.3) is 0 Å². The highest BCUT2D eigenvalue weighted by atomic mass is 32.2. The van der Waals surface area contributed by atoms with Crippen LogP contribution in [0.4, 0.5) is 0 Å². The van der Waals surface area contributed by atoms with E-state index in [1.807, 2.05) is 0 Å². The van der Waals surface area contributed by atoms with Gasteiger partial charge in [0.1, 0.15) is 18.1 Å². The second kappa shape index (κ2) is 8.62. The Morgan fingerprint density at radius 3 is 2.65 bits per heavy atom. The third-order valence-electron chi connectivity index (χ3n) is 2.90. The number of nitrogens with zero attached hydrogens (tertiary/aromatic N) is 1. The van der Waals surface area contributed by atoms with Gasteiger partial charge in [-0.3, -0.25) is 14.4 Å². The van der Waals surface area contributed by atoms with E-state index in [2.05, 4.69) is 17.8 Å². The molecule has 4 radical (unpaired) electrons. The van der Waals surface area contributed by atoms with Gasteiger partial charge < -0.3 is 18.5 Å². The number of hydrogen-bond donors (Lipinski definition) is 0. The van der Waals surface area contributed by atoms with Crippen LogP contribution in [0.15, 0.2) is 4.99 Å². The lowest BCUT2D eigenvalue weighted by Crippen LogP contribution is -2.37. The number of aliphatic imine (C=N–C) groups is 1. The minimum absolute atomic E-state index is 0.0951. The molecule has 7 nitrogen and oxygen atoms in total. The van der Waals surface area contributed by atoms with Crippen LogP contribution in [0.3, 0.4) is 0 Å². The van der Waals surface area contributed by atoms with E-state index in [9.17, 15) is 9.36 Å². The van der Waals surface area contributed by atoms with Crippen LogP contribution >= 0.6 is 19.4 Å². The zero-order valence-electron chi connectivity index (χ0n) is 13.3. The second-order valence-corrected chi connectivity index (χ2v) is 8.00. The fraction of sp³-hybridized carbons (Fsp3) is 0.714. The molecule has 1 saturated heterocycles. The molecule has 3 atom stereocenters. The van der Waals surface area contributed by atoms with Gasteiger partial charge in [0, 0.05) is 19.8 Å². The molecule has 2 aliphatic heterocycles. The van der Waals surface area contributed by atoms with Crippen molar-refractivity contribution in [3.63, 3.8) is 0 Å². The molecule has 9 heteroatoms. The van der Waals surface area contributed by atoms with Crippen molar-refractivity contribution >= 4 is 30.4 Å². The van der Waals surface area contributed by atoms with Crippen molar-refractivity contribution in [2.45, 2.75) is 38.4 Å². The van der Waals surface area contributed by atoms with Crippen molar-refractivity contribution in [3.05, 3.63) is 12.8 Å². The van der Waals surface area contributed by atoms with Crippen molar-refractivity contribution < 1.29 is 27.9 Å². The molecule has 0 amide bonds. The zero-order chi connectivity index (χ0) is 16.9. The van der Waals surface area contributed by atoms with E-state index in [0.717, 1.165) is 0 Å². The highest BCUT2D eigenvalue weighted by molar-refractivity contribution is 8.15. The number of carbonyl (C=O) groups excluding carboxylic acids is 1. The Bertz CT molecular complexity index is 490.